The van der Waals surface area contributed by atoms with Crippen LogP contribution in [0.1, 0.15) is 6.85 Å². The molecule has 5 nitrogen and oxygen atoms in total. The van der Waals surface area contributed by atoms with Crippen LogP contribution < -0.4 is 4.90 Å². The highest BCUT2D eigenvalue weighted by molar-refractivity contribution is 6.21. The van der Waals surface area contributed by atoms with Gasteiger partial charge in [-0.2, -0.15) is 0 Å². The SMILES string of the molecule is [2H]c1c([2H])c([2H])c(-c2nc(-c3ccc(N4c5c(ccc6ccccc56)-c5cccc6cccc4c56)c4ccccc34)nc(-c3cccc4c3oc3ccccc34)n2)c([2H])c1[2H]. The summed E-state index contributed by atoms with van der Waals surface area (Å²) in [6, 6.07) is 49.4. The number of rotatable bonds is 4. The Morgan fingerprint density at radius 1 is 0.429 bits per heavy atom. The molecule has 5 heteroatoms. The molecular formula is C51H30N4O. The molecule has 0 fully saturated rings. The maximum Gasteiger partial charge on any atom is 0.167 e. The molecule has 9 aromatic carbocycles. The summed E-state index contributed by atoms with van der Waals surface area (Å²) in [6.07, 6.45) is 0. The number of hydrogen-bond acceptors (Lipinski definition) is 5. The van der Waals surface area contributed by atoms with Crippen molar-refractivity contribution in [3.8, 4) is 45.3 Å². The number of nitrogens with zero attached hydrogens (tertiary/aromatic N) is 4. The summed E-state index contributed by atoms with van der Waals surface area (Å²) in [5.41, 5.74) is 7.87. The minimum absolute atomic E-state index is 0.0435. The first-order valence-electron chi connectivity index (χ1n) is 21.0. The Balaban J connectivity index is 1.14. The van der Waals surface area contributed by atoms with E-state index in [4.69, 9.17) is 26.2 Å². The number of fused-ring (bicyclic) bond motifs is 8. The Hall–Kier alpha value is -7.63. The van der Waals surface area contributed by atoms with Gasteiger partial charge < -0.3 is 9.32 Å². The molecule has 0 spiro atoms. The zero-order valence-corrected chi connectivity index (χ0v) is 29.6. The average Bonchev–Trinajstić information content (AvgIpc) is 3.69. The van der Waals surface area contributed by atoms with Crippen molar-refractivity contribution in [2.24, 2.45) is 0 Å². The topological polar surface area (TPSA) is 55.1 Å². The van der Waals surface area contributed by atoms with Gasteiger partial charge in [0.25, 0.3) is 0 Å². The molecule has 0 saturated heterocycles. The quantitative estimate of drug-likeness (QED) is 0.181. The van der Waals surface area contributed by atoms with E-state index in [-0.39, 0.29) is 23.0 Å². The van der Waals surface area contributed by atoms with Crippen molar-refractivity contribution >= 4 is 71.3 Å². The summed E-state index contributed by atoms with van der Waals surface area (Å²) in [5.74, 6) is 0.474. The van der Waals surface area contributed by atoms with Crippen LogP contribution in [0.15, 0.2) is 186 Å². The maximum absolute atomic E-state index is 8.92. The van der Waals surface area contributed by atoms with Crippen LogP contribution in [-0.2, 0) is 0 Å². The Labute approximate surface area is 328 Å². The zero-order valence-electron chi connectivity index (χ0n) is 34.6. The van der Waals surface area contributed by atoms with E-state index in [0.717, 1.165) is 60.3 Å². The maximum atomic E-state index is 8.92. The molecule has 260 valence electrons. The Kier molecular flexibility index (Phi) is 5.58. The summed E-state index contributed by atoms with van der Waals surface area (Å²) in [5, 5.41) is 8.20. The van der Waals surface area contributed by atoms with Crippen molar-refractivity contribution in [3.05, 3.63) is 182 Å². The van der Waals surface area contributed by atoms with E-state index in [1.807, 2.05) is 66.7 Å². The number of aromatic nitrogens is 3. The van der Waals surface area contributed by atoms with Gasteiger partial charge in [-0.15, -0.1) is 0 Å². The van der Waals surface area contributed by atoms with Crippen LogP contribution in [-0.4, -0.2) is 15.0 Å². The Morgan fingerprint density at radius 3 is 1.95 bits per heavy atom. The Bertz CT molecular complexity index is 3660. The van der Waals surface area contributed by atoms with Gasteiger partial charge in [0.2, 0.25) is 0 Å². The number of para-hydroxylation sites is 2. The minimum Gasteiger partial charge on any atom is -0.455 e. The minimum atomic E-state index is -0.493. The molecule has 0 saturated carbocycles. The summed E-state index contributed by atoms with van der Waals surface area (Å²) in [6.45, 7) is 0. The first kappa shape index (κ1) is 26.2. The van der Waals surface area contributed by atoms with Gasteiger partial charge in [0.05, 0.1) is 29.5 Å². The first-order valence-corrected chi connectivity index (χ1v) is 18.5. The molecule has 0 bridgehead atoms. The van der Waals surface area contributed by atoms with Crippen LogP contribution in [0, 0.1) is 0 Å². The lowest BCUT2D eigenvalue weighted by Crippen LogP contribution is -2.16. The van der Waals surface area contributed by atoms with Gasteiger partial charge >= 0.3 is 0 Å². The molecule has 56 heavy (non-hydrogen) atoms. The smallest absolute Gasteiger partial charge is 0.167 e. The van der Waals surface area contributed by atoms with E-state index in [9.17, 15) is 0 Å². The molecule has 0 radical (unpaired) electrons. The van der Waals surface area contributed by atoms with Crippen molar-refractivity contribution in [1.29, 1.82) is 0 Å². The van der Waals surface area contributed by atoms with Gasteiger partial charge in [-0.25, -0.2) is 15.0 Å². The van der Waals surface area contributed by atoms with Crippen LogP contribution in [0.2, 0.25) is 0 Å². The van der Waals surface area contributed by atoms with Gasteiger partial charge in [0, 0.05) is 43.6 Å². The molecule has 0 unspecified atom stereocenters. The molecule has 3 heterocycles. The summed E-state index contributed by atoms with van der Waals surface area (Å²) < 4.78 is 49.6. The average molecular weight is 720 g/mol. The van der Waals surface area contributed by atoms with Gasteiger partial charge in [-0.1, -0.05) is 152 Å². The molecular weight excluding hydrogens is 685 g/mol. The van der Waals surface area contributed by atoms with Crippen molar-refractivity contribution in [3.63, 3.8) is 0 Å². The lowest BCUT2D eigenvalue weighted by atomic mass is 9.88. The third-order valence-corrected chi connectivity index (χ3v) is 10.9. The fourth-order valence-electron chi connectivity index (χ4n) is 8.50. The van der Waals surface area contributed by atoms with Crippen molar-refractivity contribution in [2.45, 2.75) is 0 Å². The molecule has 1 aliphatic heterocycles. The van der Waals surface area contributed by atoms with Gasteiger partial charge in [0.15, 0.2) is 17.5 Å². The van der Waals surface area contributed by atoms with Crippen molar-refractivity contribution in [1.82, 2.24) is 15.0 Å². The zero-order chi connectivity index (χ0) is 41.1. The van der Waals surface area contributed by atoms with Crippen LogP contribution >= 0.6 is 0 Å². The van der Waals surface area contributed by atoms with Crippen LogP contribution in [0.5, 0.6) is 0 Å². The predicted octanol–water partition coefficient (Wildman–Crippen LogP) is 13.7. The third kappa shape index (κ3) is 4.52. The van der Waals surface area contributed by atoms with E-state index in [1.54, 1.807) is 0 Å². The van der Waals surface area contributed by atoms with Crippen molar-refractivity contribution in [2.75, 3.05) is 4.90 Å². The number of anilines is 3. The number of hydrogen-bond donors (Lipinski definition) is 0. The highest BCUT2D eigenvalue weighted by Gasteiger charge is 2.29. The summed E-state index contributed by atoms with van der Waals surface area (Å²) in [7, 11) is 0. The van der Waals surface area contributed by atoms with E-state index < -0.39 is 30.2 Å². The molecule has 0 N–H and O–H groups in total. The predicted molar refractivity (Wildman–Crippen MR) is 230 cm³/mol. The van der Waals surface area contributed by atoms with E-state index >= 15 is 0 Å². The number of benzene rings is 9. The standard InChI is InChI=1S/C51H30N4O/c1-2-14-33(15-3-1)49-52-50(54-51(53-49)42-24-12-23-40-37-21-8-9-26-45(37)56-48(40)42)41-29-30-43(36-20-7-6-19-35(36)41)55-44-25-11-17-32-16-10-22-38(46(32)44)39-28-27-31-13-4-5-18-34(31)47(39)55/h1-30H/i1D,2D,3D,14D,15D. The lowest BCUT2D eigenvalue weighted by molar-refractivity contribution is 0.669. The molecule has 12 rings (SSSR count). The molecule has 2 aromatic heterocycles. The van der Waals surface area contributed by atoms with Crippen molar-refractivity contribution < 1.29 is 11.3 Å². The van der Waals surface area contributed by atoms with Gasteiger partial charge in [-0.3, -0.25) is 0 Å². The third-order valence-electron chi connectivity index (χ3n) is 10.9. The normalized spacial score (nSPS) is 13.5. The highest BCUT2D eigenvalue weighted by Crippen LogP contribution is 2.54. The second-order valence-electron chi connectivity index (χ2n) is 14.0. The van der Waals surface area contributed by atoms with Gasteiger partial charge in [-0.05, 0) is 52.1 Å². The molecule has 1 aliphatic rings. The fraction of sp³-hybridized carbons (Fsp3) is 0. The largest absolute Gasteiger partial charge is 0.455 e. The monoisotopic (exact) mass is 719 g/mol. The molecule has 0 atom stereocenters. The van der Waals surface area contributed by atoms with E-state index in [0.29, 0.717) is 22.3 Å². The molecule has 0 aliphatic carbocycles. The second kappa shape index (κ2) is 11.9. The Morgan fingerprint density at radius 2 is 1.07 bits per heavy atom. The summed E-state index contributed by atoms with van der Waals surface area (Å²) >= 11 is 0. The molecule has 11 aromatic rings. The van der Waals surface area contributed by atoms with E-state index in [2.05, 4.69) is 89.8 Å². The lowest BCUT2D eigenvalue weighted by Gasteiger charge is -2.35. The number of furan rings is 1. The van der Waals surface area contributed by atoms with Gasteiger partial charge in [0.1, 0.15) is 11.2 Å². The summed E-state index contributed by atoms with van der Waals surface area (Å²) in [4.78, 5) is 17.3. The van der Waals surface area contributed by atoms with Crippen LogP contribution in [0.25, 0.3) is 99.5 Å². The van der Waals surface area contributed by atoms with E-state index in [1.165, 1.54) is 10.9 Å². The second-order valence-corrected chi connectivity index (χ2v) is 14.0. The van der Waals surface area contributed by atoms with Crippen LogP contribution in [0.4, 0.5) is 17.1 Å². The van der Waals surface area contributed by atoms with Crippen LogP contribution in [0.3, 0.4) is 0 Å². The first-order chi connectivity index (χ1) is 29.9. The molecule has 0 amide bonds. The fourth-order valence-corrected chi connectivity index (χ4v) is 8.50. The highest BCUT2D eigenvalue weighted by atomic mass is 16.3.